The van der Waals surface area contributed by atoms with Crippen LogP contribution in [0.3, 0.4) is 0 Å². The number of fused-ring (bicyclic) bond motifs is 3. The molecule has 1 amide bonds. The molecule has 0 aliphatic heterocycles. The highest BCUT2D eigenvalue weighted by Crippen LogP contribution is 2.38. The van der Waals surface area contributed by atoms with Crippen molar-refractivity contribution in [3.05, 3.63) is 33.9 Å². The van der Waals surface area contributed by atoms with E-state index in [2.05, 4.69) is 37.6 Å². The summed E-state index contributed by atoms with van der Waals surface area (Å²) in [6.07, 6.45) is 0.800. The average molecular weight is 352 g/mol. The van der Waals surface area contributed by atoms with E-state index in [1.807, 2.05) is 19.2 Å². The van der Waals surface area contributed by atoms with Gasteiger partial charge in [-0.05, 0) is 56.1 Å². The molecule has 1 aliphatic carbocycles. The molecule has 3 rings (SSSR count). The van der Waals surface area contributed by atoms with Crippen molar-refractivity contribution in [3.63, 3.8) is 0 Å². The average Bonchev–Trinajstić information content (AvgIpc) is 2.77. The van der Waals surface area contributed by atoms with E-state index in [1.54, 1.807) is 0 Å². The molecular weight excluding hydrogens is 334 g/mol. The lowest BCUT2D eigenvalue weighted by Crippen LogP contribution is -2.35. The molecule has 1 aromatic heterocycles. The first-order valence-corrected chi connectivity index (χ1v) is 7.82. The minimum Gasteiger partial charge on any atom is -0.465 e. The highest BCUT2D eigenvalue weighted by Gasteiger charge is 2.30. The fourth-order valence-electron chi connectivity index (χ4n) is 3.31. The number of hydrogen-bond donors (Lipinski definition) is 4. The molecule has 6 heteroatoms. The van der Waals surface area contributed by atoms with Crippen LogP contribution < -0.4 is 10.6 Å². The molecule has 2 unspecified atom stereocenters. The number of hydrogen-bond acceptors (Lipinski definition) is 2. The number of carbonyl (C=O) groups is 1. The Morgan fingerprint density at radius 1 is 1.52 bits per heavy atom. The molecule has 0 radical (unpaired) electrons. The van der Waals surface area contributed by atoms with Gasteiger partial charge in [0.1, 0.15) is 0 Å². The van der Waals surface area contributed by atoms with Gasteiger partial charge in [0, 0.05) is 21.1 Å². The van der Waals surface area contributed by atoms with Crippen molar-refractivity contribution in [2.24, 2.45) is 5.92 Å². The van der Waals surface area contributed by atoms with Crippen LogP contribution in [0.2, 0.25) is 0 Å². The Morgan fingerprint density at radius 2 is 2.33 bits per heavy atom. The van der Waals surface area contributed by atoms with Crippen molar-refractivity contribution in [3.8, 4) is 0 Å². The van der Waals surface area contributed by atoms with Crippen molar-refractivity contribution in [2.45, 2.75) is 18.9 Å². The fraction of sp³-hybridized carbons (Fsp3) is 0.400. The van der Waals surface area contributed by atoms with Crippen LogP contribution >= 0.6 is 15.9 Å². The summed E-state index contributed by atoms with van der Waals surface area (Å²) in [6, 6.07) is 5.96. The number of aromatic amines is 1. The Morgan fingerprint density at radius 3 is 3.05 bits per heavy atom. The molecule has 2 atom stereocenters. The van der Waals surface area contributed by atoms with Crippen molar-refractivity contribution < 1.29 is 9.90 Å². The number of nitrogens with one attached hydrogen (secondary N) is 3. The van der Waals surface area contributed by atoms with E-state index in [-0.39, 0.29) is 6.04 Å². The number of halogens is 1. The molecule has 1 heterocycles. The Bertz CT molecular complexity index is 683. The van der Waals surface area contributed by atoms with Crippen LogP contribution in [-0.2, 0) is 6.42 Å². The van der Waals surface area contributed by atoms with Gasteiger partial charge in [-0.15, -0.1) is 0 Å². The van der Waals surface area contributed by atoms with E-state index < -0.39 is 6.09 Å². The lowest BCUT2D eigenvalue weighted by molar-refractivity contribution is 0.185. The topological polar surface area (TPSA) is 77.2 Å². The van der Waals surface area contributed by atoms with Gasteiger partial charge in [-0.1, -0.05) is 15.9 Å². The predicted molar refractivity (Wildman–Crippen MR) is 85.6 cm³/mol. The van der Waals surface area contributed by atoms with Crippen molar-refractivity contribution >= 4 is 32.9 Å². The standard InChI is InChI=1S/C15H18BrN3O2/c1-17-7-8-4-11-10-6-9(16)2-3-12(10)18-14(11)13(5-8)19-15(20)21/h2-3,6,8,13,17-19H,4-5,7H2,1H3,(H,20,21). The first kappa shape index (κ1) is 14.4. The maximum Gasteiger partial charge on any atom is 0.405 e. The van der Waals surface area contributed by atoms with E-state index in [1.165, 1.54) is 10.9 Å². The highest BCUT2D eigenvalue weighted by atomic mass is 79.9. The van der Waals surface area contributed by atoms with E-state index in [0.717, 1.165) is 35.1 Å². The first-order valence-electron chi connectivity index (χ1n) is 7.02. The molecule has 2 aromatic rings. The van der Waals surface area contributed by atoms with E-state index >= 15 is 0 Å². The van der Waals surface area contributed by atoms with Crippen LogP contribution in [-0.4, -0.2) is 29.8 Å². The molecule has 112 valence electrons. The molecule has 1 aromatic carbocycles. The van der Waals surface area contributed by atoms with E-state index in [4.69, 9.17) is 5.11 Å². The van der Waals surface area contributed by atoms with Crippen molar-refractivity contribution in [2.75, 3.05) is 13.6 Å². The van der Waals surface area contributed by atoms with Crippen LogP contribution in [0, 0.1) is 5.92 Å². The smallest absolute Gasteiger partial charge is 0.405 e. The van der Waals surface area contributed by atoms with Gasteiger partial charge < -0.3 is 20.7 Å². The minimum absolute atomic E-state index is 0.171. The molecule has 21 heavy (non-hydrogen) atoms. The van der Waals surface area contributed by atoms with Crippen LogP contribution in [0.4, 0.5) is 4.79 Å². The van der Waals surface area contributed by atoms with E-state index in [9.17, 15) is 4.79 Å². The molecule has 0 saturated heterocycles. The Labute approximate surface area is 131 Å². The summed E-state index contributed by atoms with van der Waals surface area (Å²) in [6.45, 7) is 0.887. The largest absolute Gasteiger partial charge is 0.465 e. The number of benzene rings is 1. The molecule has 0 spiro atoms. The van der Waals surface area contributed by atoms with Crippen LogP contribution in [0.15, 0.2) is 22.7 Å². The van der Waals surface area contributed by atoms with E-state index in [0.29, 0.717) is 5.92 Å². The number of aromatic nitrogens is 1. The van der Waals surface area contributed by atoms with Gasteiger partial charge in [0.2, 0.25) is 0 Å². The number of rotatable bonds is 3. The van der Waals surface area contributed by atoms with Gasteiger partial charge in [-0.25, -0.2) is 4.79 Å². The van der Waals surface area contributed by atoms with Crippen LogP contribution in [0.1, 0.15) is 23.7 Å². The highest BCUT2D eigenvalue weighted by molar-refractivity contribution is 9.10. The summed E-state index contributed by atoms with van der Waals surface area (Å²) >= 11 is 3.51. The molecule has 0 fully saturated rings. The summed E-state index contributed by atoms with van der Waals surface area (Å²) in [5.41, 5.74) is 3.31. The second-order valence-corrected chi connectivity index (χ2v) is 6.49. The normalized spacial score (nSPS) is 21.2. The predicted octanol–water partition coefficient (Wildman–Crippen LogP) is 3.02. The van der Waals surface area contributed by atoms with Crippen LogP contribution in [0.25, 0.3) is 10.9 Å². The third-order valence-electron chi connectivity index (χ3n) is 4.10. The zero-order valence-electron chi connectivity index (χ0n) is 11.7. The number of carboxylic acid groups (broad SMARTS) is 1. The molecule has 5 nitrogen and oxygen atoms in total. The molecule has 4 N–H and O–H groups in total. The van der Waals surface area contributed by atoms with Gasteiger partial charge in [0.15, 0.2) is 0 Å². The first-order chi connectivity index (χ1) is 10.1. The van der Waals surface area contributed by atoms with Gasteiger partial charge in [0.25, 0.3) is 0 Å². The number of H-pyrrole nitrogens is 1. The third kappa shape index (κ3) is 2.78. The van der Waals surface area contributed by atoms with Gasteiger partial charge in [-0.3, -0.25) is 0 Å². The van der Waals surface area contributed by atoms with Gasteiger partial charge in [0.05, 0.1) is 6.04 Å². The maximum absolute atomic E-state index is 11.1. The lowest BCUT2D eigenvalue weighted by Gasteiger charge is -2.29. The maximum atomic E-state index is 11.1. The van der Waals surface area contributed by atoms with Crippen LogP contribution in [0.5, 0.6) is 0 Å². The SMILES string of the molecule is CNCC1Cc2c([nH]c3ccc(Br)cc23)C(NC(=O)O)C1. The molecule has 0 saturated carbocycles. The summed E-state index contributed by atoms with van der Waals surface area (Å²) < 4.78 is 1.04. The molecule has 0 bridgehead atoms. The second-order valence-electron chi connectivity index (χ2n) is 5.57. The summed E-state index contributed by atoms with van der Waals surface area (Å²) in [5, 5.41) is 16.1. The van der Waals surface area contributed by atoms with Crippen molar-refractivity contribution in [1.82, 2.24) is 15.6 Å². The third-order valence-corrected chi connectivity index (χ3v) is 4.60. The van der Waals surface area contributed by atoms with Gasteiger partial charge >= 0.3 is 6.09 Å². The fourth-order valence-corrected chi connectivity index (χ4v) is 3.67. The Balaban J connectivity index is 2.07. The molecular formula is C15H18BrN3O2. The summed E-state index contributed by atoms with van der Waals surface area (Å²) in [4.78, 5) is 14.5. The van der Waals surface area contributed by atoms with Gasteiger partial charge in [-0.2, -0.15) is 0 Å². The zero-order chi connectivity index (χ0) is 15.0. The van der Waals surface area contributed by atoms with Crippen molar-refractivity contribution in [1.29, 1.82) is 0 Å². The monoisotopic (exact) mass is 351 g/mol. The summed E-state index contributed by atoms with van der Waals surface area (Å²) in [5.74, 6) is 0.428. The Hall–Kier alpha value is -1.53. The zero-order valence-corrected chi connectivity index (χ0v) is 13.3. The Kier molecular flexibility index (Phi) is 3.91. The minimum atomic E-state index is -0.976. The second kappa shape index (κ2) is 5.69. The summed E-state index contributed by atoms with van der Waals surface area (Å²) in [7, 11) is 1.93. The molecule has 1 aliphatic rings. The lowest BCUT2D eigenvalue weighted by atomic mass is 9.83. The number of amides is 1. The quantitative estimate of drug-likeness (QED) is 0.686.